The molecule has 1 heterocycles. The van der Waals surface area contributed by atoms with Gasteiger partial charge in [-0.1, -0.05) is 334 Å². The van der Waals surface area contributed by atoms with E-state index in [1.165, 1.54) is 276 Å². The minimum absolute atomic E-state index is 0.301. The first-order valence-electron chi connectivity index (χ1n) is 33.5. The lowest BCUT2D eigenvalue weighted by molar-refractivity contribution is -0.302. The second-order valence-corrected chi connectivity index (χ2v) is 23.8. The van der Waals surface area contributed by atoms with Crippen LogP contribution in [0.2, 0.25) is 0 Å². The molecule has 0 aromatic rings. The zero-order chi connectivity index (χ0) is 55.2. The number of allylic oxidation sites excluding steroid dienone is 1. The maximum Gasteiger partial charge on any atom is 0.249 e. The van der Waals surface area contributed by atoms with Crippen LogP contribution in [0.15, 0.2) is 12.2 Å². The maximum atomic E-state index is 13.1. The SMILES string of the molecule is CCCCCCCCCCCCC/C=C/C(O)C(COC1OC(CO)C(O)C(O)C1O)NC(=O)C(O)CCCCCCCCCCCCCCCCCCCCCCCCCCCCCCCCCCCCCCCC. The summed E-state index contributed by atoms with van der Waals surface area (Å²) in [6.45, 7) is 3.65. The van der Waals surface area contributed by atoms with Crippen LogP contribution in [0.25, 0.3) is 0 Å². The number of rotatable bonds is 59. The normalized spacial score (nSPS) is 19.2. The average Bonchev–Trinajstić information content (AvgIpc) is 3.42. The standard InChI is InChI=1S/C66H129NO9/c1-3-5-7-9-11-13-15-17-18-19-20-21-22-23-24-25-26-27-28-29-30-31-32-33-34-35-36-37-38-39-40-41-43-45-47-49-51-53-55-60(70)65(74)67-58(57-75-66-64(73)63(72)62(71)61(56-68)76-66)59(69)54-52-50-48-46-44-42-16-14-12-10-8-6-4-2/h52,54,58-64,66,68-73H,3-51,53,55-57H2,1-2H3,(H,67,74)/b54-52+. The molecule has 0 aromatic heterocycles. The number of unbranched alkanes of at least 4 members (excludes halogenated alkanes) is 48. The number of amides is 1. The third-order valence-electron chi connectivity index (χ3n) is 16.5. The number of aliphatic hydroxyl groups is 6. The van der Waals surface area contributed by atoms with Crippen LogP contribution in [0, 0.1) is 0 Å². The van der Waals surface area contributed by atoms with Crippen molar-refractivity contribution in [3.63, 3.8) is 0 Å². The first kappa shape index (κ1) is 72.9. The fourth-order valence-corrected chi connectivity index (χ4v) is 11.1. The molecule has 1 saturated heterocycles. The molecule has 1 amide bonds. The van der Waals surface area contributed by atoms with E-state index in [1.807, 2.05) is 6.08 Å². The molecule has 7 N–H and O–H groups in total. The van der Waals surface area contributed by atoms with E-state index in [1.54, 1.807) is 6.08 Å². The fraction of sp³-hybridized carbons (Fsp3) is 0.955. The molecule has 0 bridgehead atoms. The van der Waals surface area contributed by atoms with Crippen molar-refractivity contribution in [2.24, 2.45) is 0 Å². The van der Waals surface area contributed by atoms with Gasteiger partial charge in [-0.05, 0) is 19.3 Å². The Bertz CT molecular complexity index is 1220. The Kier molecular flexibility index (Phi) is 53.5. The van der Waals surface area contributed by atoms with Crippen molar-refractivity contribution < 1.29 is 44.9 Å². The van der Waals surface area contributed by atoms with E-state index in [9.17, 15) is 35.4 Å². The molecule has 1 fully saturated rings. The predicted octanol–water partition coefficient (Wildman–Crippen LogP) is 16.5. The van der Waals surface area contributed by atoms with Gasteiger partial charge in [-0.25, -0.2) is 0 Å². The molecule has 1 aliphatic heterocycles. The minimum atomic E-state index is -1.61. The monoisotopic (exact) mass is 1080 g/mol. The summed E-state index contributed by atoms with van der Waals surface area (Å²) < 4.78 is 11.2. The van der Waals surface area contributed by atoms with Crippen LogP contribution < -0.4 is 5.32 Å². The summed E-state index contributed by atoms with van der Waals surface area (Å²) in [6.07, 6.45) is 60.9. The van der Waals surface area contributed by atoms with Crippen LogP contribution in [0.1, 0.15) is 341 Å². The Hall–Kier alpha value is -1.11. The largest absolute Gasteiger partial charge is 0.394 e. The number of carbonyl (C=O) groups excluding carboxylic acids is 1. The Morgan fingerprint density at radius 3 is 1.07 bits per heavy atom. The first-order valence-corrected chi connectivity index (χ1v) is 33.5. The summed E-state index contributed by atoms with van der Waals surface area (Å²) >= 11 is 0. The third-order valence-corrected chi connectivity index (χ3v) is 16.5. The number of hydrogen-bond donors (Lipinski definition) is 7. The maximum absolute atomic E-state index is 13.1. The van der Waals surface area contributed by atoms with Gasteiger partial charge < -0.3 is 45.4 Å². The van der Waals surface area contributed by atoms with E-state index in [2.05, 4.69) is 19.2 Å². The van der Waals surface area contributed by atoms with E-state index < -0.39 is 61.5 Å². The van der Waals surface area contributed by atoms with Crippen molar-refractivity contribution in [2.45, 2.75) is 390 Å². The van der Waals surface area contributed by atoms with Crippen molar-refractivity contribution in [3.8, 4) is 0 Å². The highest BCUT2D eigenvalue weighted by atomic mass is 16.7. The second-order valence-electron chi connectivity index (χ2n) is 23.8. The van der Waals surface area contributed by atoms with Gasteiger partial charge in [-0.3, -0.25) is 4.79 Å². The predicted molar refractivity (Wildman–Crippen MR) is 320 cm³/mol. The number of ether oxygens (including phenoxy) is 2. The van der Waals surface area contributed by atoms with Crippen molar-refractivity contribution in [3.05, 3.63) is 12.2 Å². The zero-order valence-corrected chi connectivity index (χ0v) is 50.2. The van der Waals surface area contributed by atoms with Gasteiger partial charge in [0.05, 0.1) is 25.4 Å². The molecule has 8 unspecified atom stereocenters. The third kappa shape index (κ3) is 43.7. The molecular weight excluding hydrogens is 951 g/mol. The Labute approximate surface area is 469 Å². The highest BCUT2D eigenvalue weighted by molar-refractivity contribution is 5.80. The molecule has 1 rings (SSSR count). The lowest BCUT2D eigenvalue weighted by Crippen LogP contribution is -2.60. The summed E-state index contributed by atoms with van der Waals surface area (Å²) in [6, 6.07) is -0.976. The van der Waals surface area contributed by atoms with E-state index in [0.717, 1.165) is 44.9 Å². The Morgan fingerprint density at radius 2 is 0.750 bits per heavy atom. The molecule has 1 aliphatic rings. The van der Waals surface area contributed by atoms with Gasteiger partial charge in [-0.15, -0.1) is 0 Å². The number of nitrogens with one attached hydrogen (secondary N) is 1. The minimum Gasteiger partial charge on any atom is -0.394 e. The van der Waals surface area contributed by atoms with E-state index in [4.69, 9.17) is 9.47 Å². The van der Waals surface area contributed by atoms with Crippen LogP contribution >= 0.6 is 0 Å². The van der Waals surface area contributed by atoms with E-state index >= 15 is 0 Å². The lowest BCUT2D eigenvalue weighted by Gasteiger charge is -2.40. The number of hydrogen-bond acceptors (Lipinski definition) is 9. The summed E-state index contributed by atoms with van der Waals surface area (Å²) in [5.74, 6) is -0.609. The molecule has 0 radical (unpaired) electrons. The van der Waals surface area contributed by atoms with Gasteiger partial charge >= 0.3 is 0 Å². The first-order chi connectivity index (χ1) is 37.3. The number of carbonyl (C=O) groups is 1. The molecule has 10 nitrogen and oxygen atoms in total. The molecular formula is C66H129NO9. The quantitative estimate of drug-likeness (QED) is 0.0232. The number of aliphatic hydroxyl groups excluding tert-OH is 6. The Balaban J connectivity index is 2.04. The van der Waals surface area contributed by atoms with Crippen LogP contribution in [0.5, 0.6) is 0 Å². The molecule has 76 heavy (non-hydrogen) atoms. The van der Waals surface area contributed by atoms with Crippen molar-refractivity contribution in [2.75, 3.05) is 13.2 Å². The van der Waals surface area contributed by atoms with E-state index in [-0.39, 0.29) is 6.61 Å². The zero-order valence-electron chi connectivity index (χ0n) is 50.2. The molecule has 10 heteroatoms. The molecule has 0 aliphatic carbocycles. The fourth-order valence-electron chi connectivity index (χ4n) is 11.1. The van der Waals surface area contributed by atoms with E-state index in [0.29, 0.717) is 6.42 Å². The summed E-state index contributed by atoms with van der Waals surface area (Å²) in [4.78, 5) is 13.1. The van der Waals surface area contributed by atoms with Crippen molar-refractivity contribution in [1.29, 1.82) is 0 Å². The molecule has 452 valence electrons. The summed E-state index contributed by atoms with van der Waals surface area (Å²) in [7, 11) is 0. The summed E-state index contributed by atoms with van der Waals surface area (Å²) in [5.41, 5.74) is 0. The molecule has 0 aromatic carbocycles. The van der Waals surface area contributed by atoms with Gasteiger partial charge in [-0.2, -0.15) is 0 Å². The highest BCUT2D eigenvalue weighted by Gasteiger charge is 2.44. The van der Waals surface area contributed by atoms with Crippen LogP contribution in [-0.4, -0.2) is 98.7 Å². The van der Waals surface area contributed by atoms with Gasteiger partial charge in [0.25, 0.3) is 0 Å². The highest BCUT2D eigenvalue weighted by Crippen LogP contribution is 2.23. The van der Waals surface area contributed by atoms with Crippen LogP contribution in [-0.2, 0) is 14.3 Å². The van der Waals surface area contributed by atoms with Crippen molar-refractivity contribution >= 4 is 5.91 Å². The topological polar surface area (TPSA) is 169 Å². The van der Waals surface area contributed by atoms with Gasteiger partial charge in [0, 0.05) is 0 Å². The van der Waals surface area contributed by atoms with Gasteiger partial charge in [0.1, 0.15) is 30.5 Å². The second kappa shape index (κ2) is 55.8. The average molecular weight is 1080 g/mol. The molecule has 0 spiro atoms. The van der Waals surface area contributed by atoms with Crippen molar-refractivity contribution in [1.82, 2.24) is 5.32 Å². The molecule has 0 saturated carbocycles. The van der Waals surface area contributed by atoms with Crippen LogP contribution in [0.3, 0.4) is 0 Å². The van der Waals surface area contributed by atoms with Gasteiger partial charge in [0.2, 0.25) is 5.91 Å². The summed E-state index contributed by atoms with van der Waals surface area (Å²) in [5, 5.41) is 65.1. The lowest BCUT2D eigenvalue weighted by atomic mass is 9.99. The van der Waals surface area contributed by atoms with Crippen LogP contribution in [0.4, 0.5) is 0 Å². The van der Waals surface area contributed by atoms with Gasteiger partial charge in [0.15, 0.2) is 6.29 Å². The smallest absolute Gasteiger partial charge is 0.249 e. The molecule has 8 atom stereocenters. The Morgan fingerprint density at radius 1 is 0.447 bits per heavy atom.